The van der Waals surface area contributed by atoms with E-state index in [1.165, 1.54) is 42.6 Å². The topological polar surface area (TPSA) is 25.4 Å². The lowest BCUT2D eigenvalue weighted by Crippen LogP contribution is -2.37. The zero-order chi connectivity index (χ0) is 22.7. The van der Waals surface area contributed by atoms with Gasteiger partial charge in [0.05, 0.1) is 0 Å². The summed E-state index contributed by atoms with van der Waals surface area (Å²) in [6.07, 6.45) is 7.30. The molecule has 6 rings (SSSR count). The first-order valence-corrected chi connectivity index (χ1v) is 12.4. The van der Waals surface area contributed by atoms with Crippen molar-refractivity contribution in [2.45, 2.75) is 25.2 Å². The third-order valence-corrected chi connectivity index (χ3v) is 7.48. The highest BCUT2D eigenvalue weighted by atomic mass is 16.5. The average Bonchev–Trinajstić information content (AvgIpc) is 2.92. The van der Waals surface area contributed by atoms with E-state index in [0.717, 1.165) is 35.6 Å². The average molecular weight is 447 g/mol. The SMILES string of the molecule is c1ccc(CCN2CCC(C3c4ccccc4Oc4cc(-c5cccnc5)ccc43)CC2)cc1. The maximum absolute atomic E-state index is 6.44. The molecule has 3 aromatic carbocycles. The van der Waals surface area contributed by atoms with Crippen molar-refractivity contribution in [1.82, 2.24) is 9.88 Å². The Kier molecular flexibility index (Phi) is 5.86. The molecule has 2 aliphatic rings. The van der Waals surface area contributed by atoms with Crippen LogP contribution in [0.3, 0.4) is 0 Å². The van der Waals surface area contributed by atoms with Crippen LogP contribution < -0.4 is 4.74 Å². The van der Waals surface area contributed by atoms with Crippen LogP contribution in [-0.2, 0) is 6.42 Å². The molecule has 3 heterocycles. The Bertz CT molecular complexity index is 1250. The van der Waals surface area contributed by atoms with E-state index in [1.807, 2.05) is 18.5 Å². The Morgan fingerprint density at radius 2 is 1.56 bits per heavy atom. The molecule has 0 bridgehead atoms. The van der Waals surface area contributed by atoms with E-state index in [0.29, 0.717) is 11.8 Å². The molecule has 0 N–H and O–H groups in total. The molecule has 170 valence electrons. The van der Waals surface area contributed by atoms with Gasteiger partial charge in [0, 0.05) is 41.5 Å². The van der Waals surface area contributed by atoms with Gasteiger partial charge in [-0.2, -0.15) is 0 Å². The van der Waals surface area contributed by atoms with Gasteiger partial charge in [0.25, 0.3) is 0 Å². The Hall–Kier alpha value is -3.43. The second kappa shape index (κ2) is 9.44. The van der Waals surface area contributed by atoms with E-state index >= 15 is 0 Å². The molecule has 0 saturated carbocycles. The van der Waals surface area contributed by atoms with Crippen molar-refractivity contribution >= 4 is 0 Å². The third kappa shape index (κ3) is 4.24. The predicted octanol–water partition coefficient (Wildman–Crippen LogP) is 6.94. The lowest BCUT2D eigenvalue weighted by atomic mass is 9.74. The van der Waals surface area contributed by atoms with Crippen LogP contribution in [0.1, 0.15) is 35.4 Å². The number of aromatic nitrogens is 1. The first-order valence-electron chi connectivity index (χ1n) is 12.4. The summed E-state index contributed by atoms with van der Waals surface area (Å²) in [6, 6.07) is 30.3. The monoisotopic (exact) mass is 446 g/mol. The zero-order valence-electron chi connectivity index (χ0n) is 19.4. The third-order valence-electron chi connectivity index (χ3n) is 7.48. The normalized spacial score (nSPS) is 18.1. The summed E-state index contributed by atoms with van der Waals surface area (Å²) in [4.78, 5) is 6.93. The molecule has 2 aliphatic heterocycles. The minimum Gasteiger partial charge on any atom is -0.457 e. The van der Waals surface area contributed by atoms with Gasteiger partial charge in [-0.1, -0.05) is 66.7 Å². The minimum absolute atomic E-state index is 0.388. The number of nitrogens with zero attached hydrogens (tertiary/aromatic N) is 2. The molecule has 1 aromatic heterocycles. The number of fused-ring (bicyclic) bond motifs is 2. The van der Waals surface area contributed by atoms with Gasteiger partial charge in [-0.05, 0) is 67.6 Å². The fourth-order valence-electron chi connectivity index (χ4n) is 5.66. The van der Waals surface area contributed by atoms with E-state index in [1.54, 1.807) is 0 Å². The van der Waals surface area contributed by atoms with Crippen molar-refractivity contribution in [2.24, 2.45) is 5.92 Å². The van der Waals surface area contributed by atoms with Crippen LogP contribution in [0.2, 0.25) is 0 Å². The van der Waals surface area contributed by atoms with Crippen LogP contribution in [-0.4, -0.2) is 29.5 Å². The minimum atomic E-state index is 0.388. The molecule has 1 fully saturated rings. The molecule has 0 amide bonds. The van der Waals surface area contributed by atoms with Gasteiger partial charge in [0.2, 0.25) is 0 Å². The number of hydrogen-bond donors (Lipinski definition) is 0. The van der Waals surface area contributed by atoms with E-state index < -0.39 is 0 Å². The number of benzene rings is 3. The molecule has 3 nitrogen and oxygen atoms in total. The standard InChI is InChI=1S/C31H30N2O/c1-2-7-23(8-3-1)14-18-33-19-15-24(16-20-33)31-27-10-4-5-11-29(27)34-30-21-25(12-13-28(30)31)26-9-6-17-32-22-26/h1-13,17,21-22,24,31H,14-16,18-20H2. The Balaban J connectivity index is 1.23. The molecular weight excluding hydrogens is 416 g/mol. The molecule has 3 heteroatoms. The van der Waals surface area contributed by atoms with Crippen molar-refractivity contribution in [3.8, 4) is 22.6 Å². The number of pyridine rings is 1. The highest BCUT2D eigenvalue weighted by molar-refractivity contribution is 5.67. The van der Waals surface area contributed by atoms with Gasteiger partial charge in [0.15, 0.2) is 0 Å². The summed E-state index contributed by atoms with van der Waals surface area (Å²) in [5, 5.41) is 0. The number of ether oxygens (including phenoxy) is 1. The van der Waals surface area contributed by atoms with E-state index in [2.05, 4.69) is 88.7 Å². The number of piperidine rings is 1. The fraction of sp³-hybridized carbons (Fsp3) is 0.258. The highest BCUT2D eigenvalue weighted by Gasteiger charge is 2.35. The van der Waals surface area contributed by atoms with Crippen molar-refractivity contribution in [3.63, 3.8) is 0 Å². The van der Waals surface area contributed by atoms with Crippen molar-refractivity contribution in [2.75, 3.05) is 19.6 Å². The molecule has 0 aliphatic carbocycles. The number of para-hydroxylation sites is 1. The molecule has 1 atom stereocenters. The molecule has 1 saturated heterocycles. The summed E-state index contributed by atoms with van der Waals surface area (Å²) in [6.45, 7) is 3.48. The summed E-state index contributed by atoms with van der Waals surface area (Å²) in [5.41, 5.74) is 6.37. The smallest absolute Gasteiger partial charge is 0.131 e. The van der Waals surface area contributed by atoms with Crippen LogP contribution in [0.25, 0.3) is 11.1 Å². The first kappa shape index (κ1) is 21.1. The maximum atomic E-state index is 6.44. The van der Waals surface area contributed by atoms with Crippen LogP contribution in [0.4, 0.5) is 0 Å². The quantitative estimate of drug-likeness (QED) is 0.332. The molecule has 34 heavy (non-hydrogen) atoms. The van der Waals surface area contributed by atoms with Crippen LogP contribution >= 0.6 is 0 Å². The maximum Gasteiger partial charge on any atom is 0.131 e. The Labute approximate surface area is 202 Å². The van der Waals surface area contributed by atoms with Gasteiger partial charge in [-0.25, -0.2) is 0 Å². The molecular formula is C31H30N2O. The predicted molar refractivity (Wildman–Crippen MR) is 137 cm³/mol. The van der Waals surface area contributed by atoms with Crippen LogP contribution in [0, 0.1) is 5.92 Å². The zero-order valence-corrected chi connectivity index (χ0v) is 19.4. The lowest BCUT2D eigenvalue weighted by Gasteiger charge is -2.39. The highest BCUT2D eigenvalue weighted by Crippen LogP contribution is 2.50. The summed E-state index contributed by atoms with van der Waals surface area (Å²) < 4.78 is 6.44. The van der Waals surface area contributed by atoms with E-state index in [9.17, 15) is 0 Å². The second-order valence-electron chi connectivity index (χ2n) is 9.53. The summed E-state index contributed by atoms with van der Waals surface area (Å²) in [7, 11) is 0. The number of rotatable bonds is 5. The Morgan fingerprint density at radius 3 is 2.38 bits per heavy atom. The van der Waals surface area contributed by atoms with Gasteiger partial charge < -0.3 is 9.64 Å². The van der Waals surface area contributed by atoms with E-state index in [-0.39, 0.29) is 0 Å². The van der Waals surface area contributed by atoms with Crippen molar-refractivity contribution in [1.29, 1.82) is 0 Å². The van der Waals surface area contributed by atoms with Crippen molar-refractivity contribution < 1.29 is 4.74 Å². The second-order valence-corrected chi connectivity index (χ2v) is 9.53. The largest absolute Gasteiger partial charge is 0.457 e. The van der Waals surface area contributed by atoms with Gasteiger partial charge in [-0.15, -0.1) is 0 Å². The van der Waals surface area contributed by atoms with Gasteiger partial charge >= 0.3 is 0 Å². The molecule has 0 spiro atoms. The van der Waals surface area contributed by atoms with Gasteiger partial charge in [-0.3, -0.25) is 4.98 Å². The fourth-order valence-corrected chi connectivity index (χ4v) is 5.66. The first-order chi connectivity index (χ1) is 16.8. The Morgan fingerprint density at radius 1 is 0.765 bits per heavy atom. The summed E-state index contributed by atoms with van der Waals surface area (Å²) in [5.74, 6) is 3.02. The molecule has 4 aromatic rings. The van der Waals surface area contributed by atoms with Crippen molar-refractivity contribution in [3.05, 3.63) is 114 Å². The molecule has 1 unspecified atom stereocenters. The molecule has 0 radical (unpaired) electrons. The number of hydrogen-bond acceptors (Lipinski definition) is 3. The van der Waals surface area contributed by atoms with Gasteiger partial charge in [0.1, 0.15) is 11.5 Å². The van der Waals surface area contributed by atoms with Crippen LogP contribution in [0.15, 0.2) is 97.3 Å². The lowest BCUT2D eigenvalue weighted by molar-refractivity contribution is 0.174. The van der Waals surface area contributed by atoms with E-state index in [4.69, 9.17) is 4.74 Å². The van der Waals surface area contributed by atoms with Crippen LogP contribution in [0.5, 0.6) is 11.5 Å². The number of likely N-dealkylation sites (tertiary alicyclic amines) is 1. The summed E-state index contributed by atoms with van der Waals surface area (Å²) >= 11 is 0.